The van der Waals surface area contributed by atoms with E-state index in [1.54, 1.807) is 6.07 Å². The fourth-order valence-corrected chi connectivity index (χ4v) is 1.85. The van der Waals surface area contributed by atoms with Gasteiger partial charge >= 0.3 is 0 Å². The molecule has 0 radical (unpaired) electrons. The van der Waals surface area contributed by atoms with Gasteiger partial charge in [-0.05, 0) is 31.2 Å². The molecule has 0 bridgehead atoms. The van der Waals surface area contributed by atoms with Crippen molar-refractivity contribution in [2.75, 3.05) is 19.8 Å². The van der Waals surface area contributed by atoms with E-state index in [-0.39, 0.29) is 11.9 Å². The van der Waals surface area contributed by atoms with E-state index < -0.39 is 0 Å². The van der Waals surface area contributed by atoms with Gasteiger partial charge in [0.25, 0.3) is 0 Å². The number of ether oxygens (including phenoxy) is 2. The van der Waals surface area contributed by atoms with E-state index in [0.717, 1.165) is 25.0 Å². The summed E-state index contributed by atoms with van der Waals surface area (Å²) >= 11 is 0. The van der Waals surface area contributed by atoms with E-state index in [0.29, 0.717) is 18.9 Å². The third-order valence-corrected chi connectivity index (χ3v) is 2.78. The Balaban J connectivity index is 2.11. The molecule has 1 aliphatic heterocycles. The smallest absolute Gasteiger partial charge is 0.127 e. The normalized spacial score (nSPS) is 19.6. The summed E-state index contributed by atoms with van der Waals surface area (Å²) in [7, 11) is 0. The summed E-state index contributed by atoms with van der Waals surface area (Å²) in [5, 5.41) is 0. The number of rotatable bonds is 5. The summed E-state index contributed by atoms with van der Waals surface area (Å²) in [6.07, 6.45) is 5.48. The van der Waals surface area contributed by atoms with E-state index in [4.69, 9.17) is 15.2 Å². The first kappa shape index (κ1) is 13.1. The standard InChI is InChI=1S/C14H18FNO2/c15-12-4-5-14(18-13-6-8-17-10-13)11(9-12)3-1-2-7-16/h1,3-5,9,13H,2,6-8,10,16H2. The Morgan fingerprint density at radius 3 is 3.11 bits per heavy atom. The van der Waals surface area contributed by atoms with E-state index in [2.05, 4.69) is 0 Å². The fourth-order valence-electron chi connectivity index (χ4n) is 1.85. The zero-order valence-corrected chi connectivity index (χ0v) is 10.3. The van der Waals surface area contributed by atoms with Crippen molar-refractivity contribution in [1.29, 1.82) is 0 Å². The van der Waals surface area contributed by atoms with Crippen LogP contribution in [0.4, 0.5) is 4.39 Å². The molecule has 1 fully saturated rings. The van der Waals surface area contributed by atoms with E-state index in [9.17, 15) is 4.39 Å². The second-order valence-corrected chi connectivity index (χ2v) is 4.27. The molecule has 2 rings (SSSR count). The topological polar surface area (TPSA) is 44.5 Å². The zero-order valence-electron chi connectivity index (χ0n) is 10.3. The van der Waals surface area contributed by atoms with Crippen molar-refractivity contribution in [2.45, 2.75) is 18.9 Å². The van der Waals surface area contributed by atoms with Gasteiger partial charge in [-0.15, -0.1) is 0 Å². The largest absolute Gasteiger partial charge is 0.487 e. The summed E-state index contributed by atoms with van der Waals surface area (Å²) in [6, 6.07) is 4.54. The third-order valence-electron chi connectivity index (χ3n) is 2.78. The quantitative estimate of drug-likeness (QED) is 0.873. The molecule has 3 nitrogen and oxygen atoms in total. The lowest BCUT2D eigenvalue weighted by Gasteiger charge is -2.14. The summed E-state index contributed by atoms with van der Waals surface area (Å²) < 4.78 is 24.3. The molecule has 0 spiro atoms. The average molecular weight is 251 g/mol. The molecule has 1 heterocycles. The molecule has 1 atom stereocenters. The first-order valence-corrected chi connectivity index (χ1v) is 6.20. The number of hydrogen-bond acceptors (Lipinski definition) is 3. The predicted molar refractivity (Wildman–Crippen MR) is 69.0 cm³/mol. The van der Waals surface area contributed by atoms with Crippen molar-refractivity contribution >= 4 is 6.08 Å². The Morgan fingerprint density at radius 2 is 2.39 bits per heavy atom. The summed E-state index contributed by atoms with van der Waals surface area (Å²) in [5.74, 6) is 0.428. The highest BCUT2D eigenvalue weighted by atomic mass is 19.1. The zero-order chi connectivity index (χ0) is 12.8. The van der Waals surface area contributed by atoms with Gasteiger partial charge in [-0.3, -0.25) is 0 Å². The molecule has 0 amide bonds. The minimum atomic E-state index is -0.266. The minimum Gasteiger partial charge on any atom is -0.487 e. The van der Waals surface area contributed by atoms with Crippen molar-refractivity contribution in [2.24, 2.45) is 5.73 Å². The van der Waals surface area contributed by atoms with Crippen LogP contribution in [0, 0.1) is 5.82 Å². The van der Waals surface area contributed by atoms with E-state index in [1.165, 1.54) is 12.1 Å². The third kappa shape index (κ3) is 3.55. The van der Waals surface area contributed by atoms with Gasteiger partial charge in [-0.25, -0.2) is 4.39 Å². The van der Waals surface area contributed by atoms with Gasteiger partial charge in [0.15, 0.2) is 0 Å². The summed E-state index contributed by atoms with van der Waals surface area (Å²) in [4.78, 5) is 0. The van der Waals surface area contributed by atoms with Crippen molar-refractivity contribution in [3.8, 4) is 5.75 Å². The van der Waals surface area contributed by atoms with Gasteiger partial charge in [0.1, 0.15) is 17.7 Å². The maximum atomic E-state index is 13.2. The number of halogens is 1. The number of benzene rings is 1. The molecule has 0 aromatic heterocycles. The molecule has 0 aliphatic carbocycles. The van der Waals surface area contributed by atoms with Crippen LogP contribution in [0.25, 0.3) is 6.08 Å². The second kappa shape index (κ2) is 6.52. The molecule has 2 N–H and O–H groups in total. The van der Waals surface area contributed by atoms with Crippen LogP contribution in [0.3, 0.4) is 0 Å². The molecule has 1 aliphatic rings. The highest BCUT2D eigenvalue weighted by Gasteiger charge is 2.18. The lowest BCUT2D eigenvalue weighted by Crippen LogP contribution is -2.16. The van der Waals surface area contributed by atoms with Crippen LogP contribution in [0.2, 0.25) is 0 Å². The van der Waals surface area contributed by atoms with Gasteiger partial charge < -0.3 is 15.2 Å². The van der Waals surface area contributed by atoms with Crippen LogP contribution < -0.4 is 10.5 Å². The minimum absolute atomic E-state index is 0.0668. The molecule has 4 heteroatoms. The molecular weight excluding hydrogens is 233 g/mol. The van der Waals surface area contributed by atoms with Crippen molar-refractivity contribution in [3.05, 3.63) is 35.7 Å². The van der Waals surface area contributed by atoms with Crippen molar-refractivity contribution < 1.29 is 13.9 Å². The SMILES string of the molecule is NCCC=Cc1cc(F)ccc1OC1CCOC1. The predicted octanol–water partition coefficient (Wildman–Crippen LogP) is 2.36. The highest BCUT2D eigenvalue weighted by molar-refractivity contribution is 5.57. The Bertz CT molecular complexity index is 414. The number of hydrogen-bond donors (Lipinski definition) is 1. The molecule has 1 aromatic carbocycles. The second-order valence-electron chi connectivity index (χ2n) is 4.27. The fraction of sp³-hybridized carbons (Fsp3) is 0.429. The summed E-state index contributed by atoms with van der Waals surface area (Å²) in [5.41, 5.74) is 6.17. The van der Waals surface area contributed by atoms with Crippen molar-refractivity contribution in [1.82, 2.24) is 0 Å². The number of nitrogens with two attached hydrogens (primary N) is 1. The van der Waals surface area contributed by atoms with Crippen molar-refractivity contribution in [3.63, 3.8) is 0 Å². The van der Waals surface area contributed by atoms with Crippen LogP contribution in [0.5, 0.6) is 5.75 Å². The van der Waals surface area contributed by atoms with Gasteiger partial charge in [0, 0.05) is 12.0 Å². The molecular formula is C14H18FNO2. The van der Waals surface area contributed by atoms with Gasteiger partial charge in [0.05, 0.1) is 13.2 Å². The average Bonchev–Trinajstić information content (AvgIpc) is 2.86. The monoisotopic (exact) mass is 251 g/mol. The molecule has 1 saturated heterocycles. The van der Waals surface area contributed by atoms with Crippen LogP contribution in [0.15, 0.2) is 24.3 Å². The Labute approximate surface area is 106 Å². The molecule has 18 heavy (non-hydrogen) atoms. The van der Waals surface area contributed by atoms with Gasteiger partial charge in [0.2, 0.25) is 0 Å². The van der Waals surface area contributed by atoms with E-state index >= 15 is 0 Å². The lowest BCUT2D eigenvalue weighted by atomic mass is 10.1. The van der Waals surface area contributed by atoms with Gasteiger partial charge in [-0.2, -0.15) is 0 Å². The van der Waals surface area contributed by atoms with Crippen LogP contribution in [0.1, 0.15) is 18.4 Å². The van der Waals surface area contributed by atoms with Gasteiger partial charge in [-0.1, -0.05) is 12.2 Å². The Kier molecular flexibility index (Phi) is 4.73. The Hall–Kier alpha value is -1.39. The maximum absolute atomic E-state index is 13.2. The maximum Gasteiger partial charge on any atom is 0.127 e. The first-order valence-electron chi connectivity index (χ1n) is 6.20. The highest BCUT2D eigenvalue weighted by Crippen LogP contribution is 2.24. The van der Waals surface area contributed by atoms with E-state index in [1.807, 2.05) is 12.2 Å². The molecule has 0 saturated carbocycles. The summed E-state index contributed by atoms with van der Waals surface area (Å²) in [6.45, 7) is 1.91. The van der Waals surface area contributed by atoms with Crippen LogP contribution >= 0.6 is 0 Å². The lowest BCUT2D eigenvalue weighted by molar-refractivity contribution is 0.141. The molecule has 1 unspecified atom stereocenters. The molecule has 98 valence electrons. The van der Waals surface area contributed by atoms with Crippen LogP contribution in [-0.2, 0) is 4.74 Å². The first-order chi connectivity index (χ1) is 8.79. The van der Waals surface area contributed by atoms with Crippen LogP contribution in [-0.4, -0.2) is 25.9 Å². The Morgan fingerprint density at radius 1 is 1.50 bits per heavy atom. The molecule has 1 aromatic rings.